The largest absolute Gasteiger partial charge is 1.00 e. The summed E-state index contributed by atoms with van der Waals surface area (Å²) in [5.41, 5.74) is 3.20. The van der Waals surface area contributed by atoms with Gasteiger partial charge in [-0.15, -0.1) is 10.2 Å². The smallest absolute Gasteiger partial charge is 0.171 e. The number of anilines is 1. The summed E-state index contributed by atoms with van der Waals surface area (Å²) in [5, 5.41) is 27.5. The first-order valence-corrected chi connectivity index (χ1v) is 14.6. The molecule has 0 aliphatic carbocycles. The minimum absolute atomic E-state index is 0. The van der Waals surface area contributed by atoms with Gasteiger partial charge in [-0.1, -0.05) is 54.1 Å². The Morgan fingerprint density at radius 1 is 0.727 bits per heavy atom. The first-order chi connectivity index (χ1) is 20.6. The van der Waals surface area contributed by atoms with E-state index < -0.39 is 0 Å². The number of unbranched alkanes of at least 4 members (excludes halogenated alkanes) is 3. The molecule has 0 amide bonds. The number of aryl methyl sites for hydroxylation is 2. The summed E-state index contributed by atoms with van der Waals surface area (Å²) in [7, 11) is 1.95. The number of halogens is 3. The highest BCUT2D eigenvalue weighted by Crippen LogP contribution is 2.39. The Morgan fingerprint density at radius 3 is 1.93 bits per heavy atom. The summed E-state index contributed by atoms with van der Waals surface area (Å²) < 4.78 is 4.39. The molecule has 1 N–H and O–H groups in total. The highest BCUT2D eigenvalue weighted by molar-refractivity contribution is 6.36. The SMILES string of the molecule is CN(/N=C\c1cc[n+](CCCCCC[n+]2ccc(N=Nc3cc(Cl)c4ccccc4c3O)cc2)cc1)c1ccccc1.[Br-].[Br-]. The van der Waals surface area contributed by atoms with Crippen molar-refractivity contribution in [2.24, 2.45) is 15.3 Å². The maximum absolute atomic E-state index is 10.6. The second kappa shape index (κ2) is 17.6. The number of nitrogens with zero attached hydrogens (tertiary/aromatic N) is 6. The Balaban J connectivity index is 0.00000264. The summed E-state index contributed by atoms with van der Waals surface area (Å²) in [6.45, 7) is 1.96. The second-order valence-corrected chi connectivity index (χ2v) is 10.6. The standard InChI is InChI=1S/C34H34ClN6O.2BrH/c1-39(29-11-5-4-6-12-29)36-26-27-15-21-40(22-16-27)19-9-2-3-10-20-41-23-17-28(18-24-41)37-38-33-25-32(35)30-13-7-8-14-31(30)34(33)42;;/h4-8,11-18,21-26H,2-3,9-10,19-20H2,1H3;2*1H/q+1;;/p-1. The van der Waals surface area contributed by atoms with Crippen LogP contribution >= 0.6 is 11.6 Å². The van der Waals surface area contributed by atoms with Gasteiger partial charge in [-0.2, -0.15) is 5.10 Å². The first-order valence-electron chi connectivity index (χ1n) is 14.2. The molecular formula is C34H35Br2ClN6O. The number of phenols is 1. The van der Waals surface area contributed by atoms with E-state index in [1.54, 1.807) is 6.07 Å². The van der Waals surface area contributed by atoms with Crippen LogP contribution in [0.4, 0.5) is 17.1 Å². The fraction of sp³-hybridized carbons (Fsp3) is 0.206. The van der Waals surface area contributed by atoms with Crippen LogP contribution in [0.2, 0.25) is 5.02 Å². The summed E-state index contributed by atoms with van der Waals surface area (Å²) >= 11 is 6.37. The van der Waals surface area contributed by atoms with E-state index in [2.05, 4.69) is 49.0 Å². The van der Waals surface area contributed by atoms with Gasteiger partial charge in [0, 0.05) is 60.5 Å². The first kappa shape index (κ1) is 34.8. The molecule has 0 saturated carbocycles. The zero-order valence-electron chi connectivity index (χ0n) is 24.5. The number of hydrazone groups is 1. The molecule has 2 aromatic heterocycles. The highest BCUT2D eigenvalue weighted by Gasteiger charge is 2.10. The Morgan fingerprint density at radius 2 is 1.30 bits per heavy atom. The van der Waals surface area contributed by atoms with E-state index in [-0.39, 0.29) is 39.7 Å². The molecule has 2 heterocycles. The predicted molar refractivity (Wildman–Crippen MR) is 169 cm³/mol. The van der Waals surface area contributed by atoms with E-state index in [1.807, 2.05) is 97.4 Å². The molecule has 0 spiro atoms. The molecule has 0 atom stereocenters. The fourth-order valence-electron chi connectivity index (χ4n) is 4.66. The van der Waals surface area contributed by atoms with Crippen LogP contribution in [-0.4, -0.2) is 18.4 Å². The lowest BCUT2D eigenvalue weighted by Gasteiger charge is -2.11. The van der Waals surface area contributed by atoms with Crippen LogP contribution < -0.4 is 48.1 Å². The van der Waals surface area contributed by atoms with Gasteiger partial charge in [0.05, 0.1) is 22.6 Å². The number of pyridine rings is 2. The summed E-state index contributed by atoms with van der Waals surface area (Å²) in [5.74, 6) is 0.0807. The van der Waals surface area contributed by atoms with Crippen LogP contribution in [0.3, 0.4) is 0 Å². The molecule has 0 aliphatic rings. The lowest BCUT2D eigenvalue weighted by molar-refractivity contribution is -0.698. The molecule has 0 fully saturated rings. The van der Waals surface area contributed by atoms with Crippen molar-refractivity contribution >= 4 is 45.7 Å². The zero-order valence-corrected chi connectivity index (χ0v) is 28.4. The molecule has 228 valence electrons. The van der Waals surface area contributed by atoms with Crippen LogP contribution in [-0.2, 0) is 13.1 Å². The number of fused-ring (bicyclic) bond motifs is 1. The van der Waals surface area contributed by atoms with Crippen molar-refractivity contribution in [3.8, 4) is 5.75 Å². The number of hydrogen-bond donors (Lipinski definition) is 1. The molecule has 5 rings (SSSR count). The summed E-state index contributed by atoms with van der Waals surface area (Å²) in [6, 6.07) is 27.2. The molecule has 0 saturated heterocycles. The van der Waals surface area contributed by atoms with Crippen molar-refractivity contribution in [2.75, 3.05) is 12.1 Å². The topological polar surface area (TPSA) is 68.3 Å². The van der Waals surface area contributed by atoms with E-state index in [0.29, 0.717) is 21.8 Å². The number of para-hydroxylation sites is 1. The zero-order chi connectivity index (χ0) is 29.1. The second-order valence-electron chi connectivity index (χ2n) is 10.2. The van der Waals surface area contributed by atoms with E-state index in [0.717, 1.165) is 42.6 Å². The van der Waals surface area contributed by atoms with E-state index in [1.165, 1.54) is 12.8 Å². The van der Waals surface area contributed by atoms with Crippen LogP contribution in [0.5, 0.6) is 5.75 Å². The molecule has 10 heteroatoms. The molecule has 3 aromatic carbocycles. The molecule has 7 nitrogen and oxygen atoms in total. The number of azo groups is 1. The van der Waals surface area contributed by atoms with Gasteiger partial charge < -0.3 is 39.1 Å². The van der Waals surface area contributed by atoms with Gasteiger partial charge in [0.15, 0.2) is 30.5 Å². The number of phenolic OH excluding ortho intramolecular Hbond substituents is 1. The molecule has 0 unspecified atom stereocenters. The quantitative estimate of drug-likeness (QED) is 0.0700. The number of aromatic nitrogens is 2. The minimum Gasteiger partial charge on any atom is -1.00 e. The third kappa shape index (κ3) is 9.67. The van der Waals surface area contributed by atoms with Gasteiger partial charge in [0.1, 0.15) is 18.8 Å². The van der Waals surface area contributed by atoms with Crippen LogP contribution in [0, 0.1) is 0 Å². The van der Waals surface area contributed by atoms with Gasteiger partial charge in [-0.25, -0.2) is 9.13 Å². The van der Waals surface area contributed by atoms with Gasteiger partial charge in [-0.05, 0) is 31.0 Å². The molecule has 44 heavy (non-hydrogen) atoms. The van der Waals surface area contributed by atoms with E-state index in [9.17, 15) is 5.11 Å². The summed E-state index contributed by atoms with van der Waals surface area (Å²) in [6.07, 6.45) is 14.8. The lowest BCUT2D eigenvalue weighted by atomic mass is 10.1. The van der Waals surface area contributed by atoms with E-state index >= 15 is 0 Å². The lowest BCUT2D eigenvalue weighted by Crippen LogP contribution is -3.00. The highest BCUT2D eigenvalue weighted by atomic mass is 79.9. The maximum atomic E-state index is 10.6. The van der Waals surface area contributed by atoms with Crippen molar-refractivity contribution in [2.45, 2.75) is 38.8 Å². The number of aromatic hydroxyl groups is 1. The summed E-state index contributed by atoms with van der Waals surface area (Å²) in [4.78, 5) is 0. The molecule has 0 bridgehead atoms. The van der Waals surface area contributed by atoms with E-state index in [4.69, 9.17) is 11.6 Å². The average molecular weight is 739 g/mol. The number of benzene rings is 3. The Bertz CT molecular complexity index is 1670. The van der Waals surface area contributed by atoms with Gasteiger partial charge in [-0.3, -0.25) is 5.01 Å². The third-order valence-corrected chi connectivity index (χ3v) is 7.41. The monoisotopic (exact) mass is 736 g/mol. The van der Waals surface area contributed by atoms with Crippen LogP contribution in [0.1, 0.15) is 31.2 Å². The van der Waals surface area contributed by atoms with Gasteiger partial charge >= 0.3 is 0 Å². The Hall–Kier alpha value is -3.66. The normalized spacial score (nSPS) is 11.0. The van der Waals surface area contributed by atoms with Crippen molar-refractivity contribution in [1.82, 2.24) is 0 Å². The van der Waals surface area contributed by atoms with Crippen molar-refractivity contribution in [3.05, 3.63) is 120 Å². The van der Waals surface area contributed by atoms with Crippen LogP contribution in [0.25, 0.3) is 10.8 Å². The third-order valence-electron chi connectivity index (χ3n) is 7.10. The van der Waals surface area contributed by atoms with Crippen molar-refractivity contribution < 1.29 is 48.2 Å². The maximum Gasteiger partial charge on any atom is 0.171 e. The van der Waals surface area contributed by atoms with Gasteiger partial charge in [0.25, 0.3) is 0 Å². The molecule has 0 radical (unpaired) electrons. The number of hydrogen-bond acceptors (Lipinski definition) is 5. The Kier molecular flexibility index (Phi) is 13.9. The predicted octanol–water partition coefficient (Wildman–Crippen LogP) is 1.93. The molecular weight excluding hydrogens is 704 g/mol. The van der Waals surface area contributed by atoms with Crippen LogP contribution in [0.15, 0.2) is 125 Å². The minimum atomic E-state index is 0. The molecule has 5 aromatic rings. The van der Waals surface area contributed by atoms with Crippen molar-refractivity contribution in [3.63, 3.8) is 0 Å². The van der Waals surface area contributed by atoms with Gasteiger partial charge in [0.2, 0.25) is 0 Å². The average Bonchev–Trinajstić information content (AvgIpc) is 3.04. The fourth-order valence-corrected chi connectivity index (χ4v) is 4.93. The molecule has 0 aliphatic heterocycles. The number of rotatable bonds is 12. The van der Waals surface area contributed by atoms with Crippen molar-refractivity contribution in [1.29, 1.82) is 0 Å². The Labute approximate surface area is 284 Å².